The number of benzene rings is 3. The summed E-state index contributed by atoms with van der Waals surface area (Å²) in [5.41, 5.74) is 4.09. The van der Waals surface area contributed by atoms with Gasteiger partial charge in [0.05, 0.1) is 11.8 Å². The topological polar surface area (TPSA) is 92.0 Å². The van der Waals surface area contributed by atoms with Crippen molar-refractivity contribution in [2.75, 3.05) is 5.75 Å². The second-order valence-corrected chi connectivity index (χ2v) is 12.3. The number of hydrogen-bond acceptors (Lipinski definition) is 5. The van der Waals surface area contributed by atoms with Crippen LogP contribution in [0.2, 0.25) is 0 Å². The van der Waals surface area contributed by atoms with E-state index in [-0.39, 0.29) is 28.4 Å². The number of amides is 3. The summed E-state index contributed by atoms with van der Waals surface area (Å²) in [4.78, 5) is 46.2. The summed E-state index contributed by atoms with van der Waals surface area (Å²) >= 11 is 4.58. The first kappa shape index (κ1) is 33.4. The maximum Gasteiger partial charge on any atom is 0.285 e. The van der Waals surface area contributed by atoms with Gasteiger partial charge in [-0.25, -0.2) is 0 Å². The third-order valence-corrected chi connectivity index (χ3v) is 8.81. The minimum Gasteiger partial charge on any atom is -0.457 e. The van der Waals surface area contributed by atoms with Crippen molar-refractivity contribution in [3.63, 3.8) is 0 Å². The molecule has 1 aliphatic heterocycles. The number of halogens is 1. The summed E-state index contributed by atoms with van der Waals surface area (Å²) in [7, 11) is 0. The molecule has 47 heavy (non-hydrogen) atoms. The van der Waals surface area contributed by atoms with E-state index in [2.05, 4.69) is 32.8 Å². The lowest BCUT2D eigenvalue weighted by Gasteiger charge is -2.28. The number of nitrogens with zero attached hydrogens (tertiary/aromatic N) is 2. The molecule has 0 spiro atoms. The molecule has 0 unspecified atom stereocenters. The van der Waals surface area contributed by atoms with Crippen molar-refractivity contribution in [1.29, 1.82) is 0 Å². The van der Waals surface area contributed by atoms with E-state index in [1.807, 2.05) is 85.8 Å². The summed E-state index contributed by atoms with van der Waals surface area (Å²) in [6.45, 7) is 7.49. The lowest BCUT2D eigenvalue weighted by atomic mass is 9.99. The van der Waals surface area contributed by atoms with E-state index in [1.165, 1.54) is 11.0 Å². The van der Waals surface area contributed by atoms with Crippen LogP contribution in [0, 0.1) is 6.92 Å². The highest BCUT2D eigenvalue weighted by atomic mass is 79.9. The molecule has 236 valence electrons. The minimum absolute atomic E-state index is 0.0831. The zero-order valence-corrected chi connectivity index (χ0v) is 28.3. The van der Waals surface area contributed by atoms with Crippen LogP contribution < -0.4 is 5.32 Å². The van der Waals surface area contributed by atoms with Gasteiger partial charge in [-0.05, 0) is 67.0 Å². The van der Waals surface area contributed by atoms with Crippen LogP contribution in [0.5, 0.6) is 0 Å². The van der Waals surface area contributed by atoms with E-state index in [1.54, 1.807) is 43.4 Å². The Labute approximate surface area is 286 Å². The summed E-state index contributed by atoms with van der Waals surface area (Å²) in [6.07, 6.45) is 8.07. The molecule has 1 aliphatic rings. The number of hydrogen-bond donors (Lipinski definition) is 1. The number of amidine groups is 1. The van der Waals surface area contributed by atoms with E-state index < -0.39 is 11.8 Å². The average Bonchev–Trinajstić information content (AvgIpc) is 3.54. The largest absolute Gasteiger partial charge is 0.457 e. The van der Waals surface area contributed by atoms with Crippen LogP contribution in [0.15, 0.2) is 147 Å². The fourth-order valence-electron chi connectivity index (χ4n) is 4.93. The van der Waals surface area contributed by atoms with Crippen LogP contribution >= 0.6 is 27.7 Å². The number of thioether (sulfide) groups is 1. The van der Waals surface area contributed by atoms with Gasteiger partial charge in [0, 0.05) is 15.7 Å². The molecule has 1 N–H and O–H groups in total. The fourth-order valence-corrected chi connectivity index (χ4v) is 6.43. The van der Waals surface area contributed by atoms with Gasteiger partial charge < -0.3 is 9.73 Å². The zero-order valence-electron chi connectivity index (χ0n) is 25.9. The van der Waals surface area contributed by atoms with Crippen LogP contribution in [0.25, 0.3) is 17.4 Å². The Balaban J connectivity index is 1.41. The van der Waals surface area contributed by atoms with Gasteiger partial charge in [-0.3, -0.25) is 19.3 Å². The van der Waals surface area contributed by atoms with Crippen molar-refractivity contribution in [3.8, 4) is 11.3 Å². The summed E-state index contributed by atoms with van der Waals surface area (Å²) < 4.78 is 6.88. The molecular weight excluding hydrogens is 674 g/mol. The molecule has 5 rings (SSSR count). The van der Waals surface area contributed by atoms with Gasteiger partial charge in [0.1, 0.15) is 17.1 Å². The maximum atomic E-state index is 14.0. The van der Waals surface area contributed by atoms with E-state index in [9.17, 15) is 14.4 Å². The zero-order chi connectivity index (χ0) is 33.3. The van der Waals surface area contributed by atoms with Gasteiger partial charge in [-0.15, -0.1) is 0 Å². The molecular formula is C38H32BrN3O4S. The molecule has 3 aromatic carbocycles. The summed E-state index contributed by atoms with van der Waals surface area (Å²) in [6, 6.07) is 28.3. The molecule has 0 atom stereocenters. The lowest BCUT2D eigenvalue weighted by molar-refractivity contribution is -0.126. The Morgan fingerprint density at radius 1 is 1.02 bits per heavy atom. The monoisotopic (exact) mass is 705 g/mol. The van der Waals surface area contributed by atoms with Crippen molar-refractivity contribution < 1.29 is 18.8 Å². The number of nitrogens with one attached hydrogen (secondary N) is 1. The molecule has 0 bridgehead atoms. The minimum atomic E-state index is -0.724. The fraction of sp³-hybridized carbons (Fsp3) is 0.105. The Kier molecular flexibility index (Phi) is 11.0. The average molecular weight is 707 g/mol. The first-order valence-corrected chi connectivity index (χ1v) is 16.6. The highest BCUT2D eigenvalue weighted by Gasteiger charge is 2.35. The Bertz CT molecular complexity index is 1890. The van der Waals surface area contributed by atoms with Crippen LogP contribution in [0.4, 0.5) is 0 Å². The first-order valence-electron chi connectivity index (χ1n) is 14.8. The number of rotatable bonds is 10. The van der Waals surface area contributed by atoms with Gasteiger partial charge in [0.2, 0.25) is 5.91 Å². The Morgan fingerprint density at radius 2 is 1.70 bits per heavy atom. The summed E-state index contributed by atoms with van der Waals surface area (Å²) in [5.74, 6) is -0.777. The van der Waals surface area contributed by atoms with Crippen LogP contribution in [-0.4, -0.2) is 33.5 Å². The van der Waals surface area contributed by atoms with E-state index in [4.69, 9.17) is 4.42 Å². The molecule has 9 heteroatoms. The number of furan rings is 1. The number of allylic oxidation sites excluding steroid dienone is 4. The molecule has 0 radical (unpaired) electrons. The number of aliphatic imine (C=N–C) groups is 1. The molecule has 3 amide bonds. The molecule has 2 heterocycles. The summed E-state index contributed by atoms with van der Waals surface area (Å²) in [5, 5.41) is 3.19. The Hall–Kier alpha value is -4.99. The molecule has 0 saturated heterocycles. The first-order chi connectivity index (χ1) is 22.8. The number of carbonyl (C=O) groups is 3. The van der Waals surface area contributed by atoms with Crippen LogP contribution in [-0.2, 0) is 14.4 Å². The molecule has 0 saturated carbocycles. The van der Waals surface area contributed by atoms with Crippen molar-refractivity contribution in [3.05, 3.63) is 160 Å². The Morgan fingerprint density at radius 3 is 2.32 bits per heavy atom. The third kappa shape index (κ3) is 8.06. The van der Waals surface area contributed by atoms with Crippen molar-refractivity contribution >= 4 is 56.7 Å². The molecule has 0 fully saturated rings. The van der Waals surface area contributed by atoms with E-state index in [0.717, 1.165) is 38.5 Å². The smallest absolute Gasteiger partial charge is 0.285 e. The SMILES string of the molecule is C=C/C=C\C(=C/C)N1C(=O)/C(=C\c2ccc(-c3ccc(C)cc3Br)o2)C(=O)N=C1SCC(=O)NC(c1ccccc1)c1ccccc1. The van der Waals surface area contributed by atoms with Crippen LogP contribution in [0.1, 0.15) is 35.4 Å². The van der Waals surface area contributed by atoms with Gasteiger partial charge >= 0.3 is 0 Å². The predicted octanol–water partition coefficient (Wildman–Crippen LogP) is 8.41. The van der Waals surface area contributed by atoms with Crippen molar-refractivity contribution in [2.24, 2.45) is 4.99 Å². The quantitative estimate of drug-likeness (QED) is 0.102. The number of aryl methyl sites for hydroxylation is 1. The van der Waals surface area contributed by atoms with Gasteiger partial charge in [-0.2, -0.15) is 4.99 Å². The highest BCUT2D eigenvalue weighted by Crippen LogP contribution is 2.32. The normalized spacial score (nSPS) is 14.6. The maximum absolute atomic E-state index is 14.0. The van der Waals surface area contributed by atoms with Crippen molar-refractivity contribution in [1.82, 2.24) is 10.2 Å². The second kappa shape index (κ2) is 15.5. The van der Waals surface area contributed by atoms with Crippen LogP contribution in [0.3, 0.4) is 0 Å². The molecule has 0 aliphatic carbocycles. The van der Waals surface area contributed by atoms with E-state index in [0.29, 0.717) is 17.2 Å². The van der Waals surface area contributed by atoms with Gasteiger partial charge in [0.25, 0.3) is 11.8 Å². The number of carbonyl (C=O) groups excluding carboxylic acids is 3. The van der Waals surface area contributed by atoms with Crippen molar-refractivity contribution in [2.45, 2.75) is 19.9 Å². The highest BCUT2D eigenvalue weighted by molar-refractivity contribution is 9.10. The molecule has 1 aromatic heterocycles. The second-order valence-electron chi connectivity index (χ2n) is 10.5. The standard InChI is InChI=1S/C38H32BrN3O4S/c1-4-6-17-28(5-2)42-37(45)31(23-29-19-21-33(46-29)30-20-18-25(3)22-32(30)39)36(44)41-38(42)47-24-34(43)40-35(26-13-9-7-10-14-26)27-15-11-8-12-16-27/h4-23,35H,1,24H2,2-3H3,(H,40,43)/b17-6-,28-5+,31-23-. The van der Waals surface area contributed by atoms with E-state index >= 15 is 0 Å². The van der Waals surface area contributed by atoms with Gasteiger partial charge in [-0.1, -0.05) is 119 Å². The molecule has 4 aromatic rings. The lowest BCUT2D eigenvalue weighted by Crippen LogP contribution is -2.42. The van der Waals surface area contributed by atoms with Gasteiger partial charge in [0.15, 0.2) is 5.17 Å². The predicted molar refractivity (Wildman–Crippen MR) is 192 cm³/mol. The molecule has 7 nitrogen and oxygen atoms in total. The third-order valence-electron chi connectivity index (χ3n) is 7.22.